The highest BCUT2D eigenvalue weighted by molar-refractivity contribution is 7.22. The fourth-order valence-electron chi connectivity index (χ4n) is 5.03. The number of aliphatic hydroxyl groups excluding tert-OH is 1. The highest BCUT2D eigenvalue weighted by Crippen LogP contribution is 2.46. The number of aromatic nitrogens is 1. The Morgan fingerprint density at radius 3 is 2.56 bits per heavy atom. The lowest BCUT2D eigenvalue weighted by molar-refractivity contribution is -0.132. The van der Waals surface area contributed by atoms with Gasteiger partial charge < -0.3 is 19.3 Å². The number of aryl methyl sites for hydroxylation is 2. The highest BCUT2D eigenvalue weighted by atomic mass is 32.1. The Kier molecular flexibility index (Phi) is 7.99. The van der Waals surface area contributed by atoms with Gasteiger partial charge in [0.25, 0.3) is 5.78 Å². The second-order valence-electron chi connectivity index (χ2n) is 9.94. The first-order chi connectivity index (χ1) is 19.8. The Bertz CT molecular complexity index is 1670. The van der Waals surface area contributed by atoms with E-state index in [0.717, 1.165) is 34.2 Å². The van der Waals surface area contributed by atoms with Crippen LogP contribution in [-0.2, 0) is 9.59 Å². The minimum atomic E-state index is -0.957. The third kappa shape index (κ3) is 5.25. The predicted molar refractivity (Wildman–Crippen MR) is 160 cm³/mol. The smallest absolute Gasteiger partial charge is 0.301 e. The zero-order valence-electron chi connectivity index (χ0n) is 23.7. The molecule has 1 unspecified atom stereocenters. The monoisotopic (exact) mass is 572 g/mol. The van der Waals surface area contributed by atoms with Crippen LogP contribution in [0.15, 0.2) is 60.2 Å². The Balaban J connectivity index is 1.71. The molecule has 4 aromatic rings. The summed E-state index contributed by atoms with van der Waals surface area (Å²) in [6, 6.07) is 15.1. The van der Waals surface area contributed by atoms with Gasteiger partial charge in [-0.05, 0) is 67.3 Å². The normalized spacial score (nSPS) is 16.4. The van der Waals surface area contributed by atoms with Crippen molar-refractivity contribution in [2.45, 2.75) is 39.7 Å². The summed E-state index contributed by atoms with van der Waals surface area (Å²) in [7, 11) is 3.06. The topological polar surface area (TPSA) is 98.2 Å². The number of fused-ring (bicyclic) bond motifs is 1. The molecule has 1 amide bonds. The molecule has 1 aliphatic heterocycles. The number of unbranched alkanes of at least 4 members (excludes halogenated alkanes) is 1. The minimum absolute atomic E-state index is 0.0443. The molecule has 8 nitrogen and oxygen atoms in total. The lowest BCUT2D eigenvalue weighted by atomic mass is 9.95. The summed E-state index contributed by atoms with van der Waals surface area (Å²) in [4.78, 5) is 33.5. The largest absolute Gasteiger partial charge is 0.507 e. The van der Waals surface area contributed by atoms with Crippen molar-refractivity contribution >= 4 is 44.1 Å². The number of carbonyl (C=O) groups excluding carboxylic acids is 2. The lowest BCUT2D eigenvalue weighted by Crippen LogP contribution is -2.29. The number of ether oxygens (including phenoxy) is 3. The number of anilines is 1. The summed E-state index contributed by atoms with van der Waals surface area (Å²) in [6.07, 6.45) is 1.88. The van der Waals surface area contributed by atoms with Gasteiger partial charge in [-0.3, -0.25) is 14.5 Å². The van der Waals surface area contributed by atoms with Crippen LogP contribution in [0.4, 0.5) is 5.13 Å². The molecule has 5 rings (SSSR count). The summed E-state index contributed by atoms with van der Waals surface area (Å²) in [5.41, 5.74) is 3.70. The fraction of sp³-hybridized carbons (Fsp3) is 0.281. The first kappa shape index (κ1) is 28.2. The van der Waals surface area contributed by atoms with Gasteiger partial charge in [0.2, 0.25) is 0 Å². The molecule has 1 saturated heterocycles. The van der Waals surface area contributed by atoms with E-state index in [4.69, 9.17) is 19.2 Å². The number of nitrogens with zero attached hydrogens (tertiary/aromatic N) is 2. The average molecular weight is 573 g/mol. The van der Waals surface area contributed by atoms with E-state index in [0.29, 0.717) is 40.1 Å². The summed E-state index contributed by atoms with van der Waals surface area (Å²) >= 11 is 1.33. The molecule has 0 radical (unpaired) electrons. The van der Waals surface area contributed by atoms with Gasteiger partial charge in [-0.2, -0.15) is 0 Å². The Hall–Kier alpha value is -4.37. The van der Waals surface area contributed by atoms with Gasteiger partial charge in [0.1, 0.15) is 11.5 Å². The standard InChI is InChI=1S/C32H32N2O6S/c1-6-7-13-40-23-12-11-20(17-24(23)39-5)28-26(29(35)21-9-8-10-22(16-21)38-4)30(36)31(37)34(28)32-33-27-19(3)14-18(2)15-25(27)41-32/h8-12,14-17,28,35H,6-7,13H2,1-5H3. The van der Waals surface area contributed by atoms with Crippen LogP contribution >= 0.6 is 11.3 Å². The van der Waals surface area contributed by atoms with Crippen LogP contribution in [0.5, 0.6) is 17.2 Å². The van der Waals surface area contributed by atoms with Gasteiger partial charge in [0.05, 0.1) is 42.7 Å². The van der Waals surface area contributed by atoms with Gasteiger partial charge in [0, 0.05) is 5.56 Å². The van der Waals surface area contributed by atoms with Crippen LogP contribution < -0.4 is 19.1 Å². The van der Waals surface area contributed by atoms with Crippen LogP contribution in [0.25, 0.3) is 16.0 Å². The number of benzene rings is 3. The molecule has 1 aliphatic rings. The molecular formula is C32H32N2O6S. The number of methoxy groups -OCH3 is 2. The Labute approximate surface area is 242 Å². The minimum Gasteiger partial charge on any atom is -0.507 e. The summed E-state index contributed by atoms with van der Waals surface area (Å²) in [6.45, 7) is 6.59. The first-order valence-electron chi connectivity index (χ1n) is 13.4. The highest BCUT2D eigenvalue weighted by Gasteiger charge is 2.48. The maximum atomic E-state index is 13.7. The van der Waals surface area contributed by atoms with Crippen LogP contribution in [0.1, 0.15) is 48.1 Å². The molecule has 3 aromatic carbocycles. The third-order valence-electron chi connectivity index (χ3n) is 7.07. The molecule has 212 valence electrons. The number of carbonyl (C=O) groups is 2. The van der Waals surface area contributed by atoms with E-state index in [1.165, 1.54) is 30.5 Å². The maximum absolute atomic E-state index is 13.7. The zero-order valence-corrected chi connectivity index (χ0v) is 24.5. The van der Waals surface area contributed by atoms with E-state index in [-0.39, 0.29) is 11.3 Å². The SMILES string of the molecule is CCCCOc1ccc(C2C(=C(O)c3cccc(OC)c3)C(=O)C(=O)N2c2nc3c(C)cc(C)cc3s2)cc1OC. The van der Waals surface area contributed by atoms with E-state index >= 15 is 0 Å². The van der Waals surface area contributed by atoms with E-state index < -0.39 is 17.7 Å². The second-order valence-corrected chi connectivity index (χ2v) is 10.9. The van der Waals surface area contributed by atoms with Gasteiger partial charge >= 0.3 is 5.91 Å². The second kappa shape index (κ2) is 11.6. The molecule has 1 N–H and O–H groups in total. The molecule has 1 aromatic heterocycles. The van der Waals surface area contributed by atoms with Crippen LogP contribution in [0, 0.1) is 13.8 Å². The van der Waals surface area contributed by atoms with E-state index in [1.54, 1.807) is 42.5 Å². The van der Waals surface area contributed by atoms with Gasteiger partial charge in [0.15, 0.2) is 16.6 Å². The maximum Gasteiger partial charge on any atom is 0.301 e. The van der Waals surface area contributed by atoms with Gasteiger partial charge in [-0.15, -0.1) is 0 Å². The van der Waals surface area contributed by atoms with Crippen LogP contribution in [0.3, 0.4) is 0 Å². The van der Waals surface area contributed by atoms with Gasteiger partial charge in [-0.25, -0.2) is 4.98 Å². The summed E-state index contributed by atoms with van der Waals surface area (Å²) in [5.74, 6) is -0.348. The number of hydrogen-bond donors (Lipinski definition) is 1. The number of thiazole rings is 1. The van der Waals surface area contributed by atoms with Crippen LogP contribution in [0.2, 0.25) is 0 Å². The number of amides is 1. The number of ketones is 1. The predicted octanol–water partition coefficient (Wildman–Crippen LogP) is 6.74. The fourth-order valence-corrected chi connectivity index (χ4v) is 6.20. The van der Waals surface area contributed by atoms with Crippen molar-refractivity contribution < 1.29 is 28.9 Å². The van der Waals surface area contributed by atoms with Crippen molar-refractivity contribution in [1.82, 2.24) is 4.98 Å². The van der Waals surface area contributed by atoms with Crippen molar-refractivity contribution in [3.8, 4) is 17.2 Å². The summed E-state index contributed by atoms with van der Waals surface area (Å²) < 4.78 is 17.8. The van der Waals surface area contributed by atoms with Crippen molar-refractivity contribution in [3.05, 3.63) is 82.4 Å². The zero-order chi connectivity index (χ0) is 29.3. The van der Waals surface area contributed by atoms with Crippen LogP contribution in [-0.4, -0.2) is 42.6 Å². The number of rotatable bonds is 9. The number of Topliss-reactive ketones (excluding diaryl/α,β-unsaturated/α-hetero) is 1. The van der Waals surface area contributed by atoms with E-state index in [2.05, 4.69) is 6.92 Å². The van der Waals surface area contributed by atoms with Crippen molar-refractivity contribution in [3.63, 3.8) is 0 Å². The molecule has 0 saturated carbocycles. The molecule has 1 atom stereocenters. The molecule has 9 heteroatoms. The molecule has 0 spiro atoms. The molecule has 2 heterocycles. The molecule has 0 aliphatic carbocycles. The molecular weight excluding hydrogens is 540 g/mol. The molecule has 0 bridgehead atoms. The van der Waals surface area contributed by atoms with Crippen molar-refractivity contribution in [2.75, 3.05) is 25.7 Å². The van der Waals surface area contributed by atoms with Crippen molar-refractivity contribution in [2.24, 2.45) is 0 Å². The first-order valence-corrected chi connectivity index (χ1v) is 14.2. The van der Waals surface area contributed by atoms with E-state index in [9.17, 15) is 14.7 Å². The number of hydrogen-bond acceptors (Lipinski definition) is 8. The van der Waals surface area contributed by atoms with Gasteiger partial charge in [-0.1, -0.05) is 48.9 Å². The molecule has 1 fully saturated rings. The summed E-state index contributed by atoms with van der Waals surface area (Å²) in [5, 5.41) is 11.9. The number of aliphatic hydroxyl groups is 1. The quantitative estimate of drug-likeness (QED) is 0.103. The third-order valence-corrected chi connectivity index (χ3v) is 8.07. The van der Waals surface area contributed by atoms with Crippen molar-refractivity contribution in [1.29, 1.82) is 0 Å². The Morgan fingerprint density at radius 2 is 1.83 bits per heavy atom. The average Bonchev–Trinajstić information content (AvgIpc) is 3.51. The van der Waals surface area contributed by atoms with E-state index in [1.807, 2.05) is 26.0 Å². The lowest BCUT2D eigenvalue weighted by Gasteiger charge is -2.24. The Morgan fingerprint density at radius 1 is 1.02 bits per heavy atom. The molecule has 41 heavy (non-hydrogen) atoms.